The Balaban J connectivity index is 1.81. The summed E-state index contributed by atoms with van der Waals surface area (Å²) in [7, 11) is 1.50. The predicted octanol–water partition coefficient (Wildman–Crippen LogP) is 5.56. The lowest BCUT2D eigenvalue weighted by Gasteiger charge is -2.10. The van der Waals surface area contributed by atoms with Gasteiger partial charge in [0.05, 0.1) is 25.2 Å². The first-order valence-electron chi connectivity index (χ1n) is 8.89. The number of carbonyl (C=O) groups is 1. The molecule has 0 saturated carbocycles. The summed E-state index contributed by atoms with van der Waals surface area (Å²) in [5.74, 6) is 0.352. The summed E-state index contributed by atoms with van der Waals surface area (Å²) in [6, 6.07) is 23.8. The van der Waals surface area contributed by atoms with Gasteiger partial charge in [-0.2, -0.15) is 5.26 Å². The van der Waals surface area contributed by atoms with Gasteiger partial charge in [0.1, 0.15) is 0 Å². The maximum Gasteiger partial charge on any atom is 0.315 e. The fourth-order valence-electron chi connectivity index (χ4n) is 2.78. The maximum absolute atomic E-state index is 12.2. The number of methoxy groups -OCH3 is 1. The highest BCUT2D eigenvalue weighted by atomic mass is 35.5. The quantitative estimate of drug-likeness (QED) is 0.234. The third-order valence-corrected chi connectivity index (χ3v) is 4.40. The van der Waals surface area contributed by atoms with E-state index in [1.165, 1.54) is 7.11 Å². The van der Waals surface area contributed by atoms with Crippen LogP contribution < -0.4 is 9.47 Å². The zero-order valence-electron chi connectivity index (χ0n) is 15.8. The molecule has 0 aliphatic carbocycles. The molecule has 0 unspecified atom stereocenters. The largest absolute Gasteiger partial charge is 0.493 e. The number of ether oxygens (including phenoxy) is 2. The summed E-state index contributed by atoms with van der Waals surface area (Å²) >= 11 is 6.02. The van der Waals surface area contributed by atoms with Gasteiger partial charge in [-0.3, -0.25) is 4.79 Å². The lowest BCUT2D eigenvalue weighted by Crippen LogP contribution is -2.11. The highest BCUT2D eigenvalue weighted by Gasteiger charge is 2.12. The average Bonchev–Trinajstić information content (AvgIpc) is 2.73. The van der Waals surface area contributed by atoms with Crippen LogP contribution in [0, 0.1) is 11.3 Å². The van der Waals surface area contributed by atoms with Crippen LogP contribution in [-0.2, 0) is 11.2 Å². The molecular formula is C24H18ClNO3. The molecule has 0 radical (unpaired) electrons. The molecule has 0 saturated heterocycles. The molecule has 3 rings (SSSR count). The molecule has 0 bridgehead atoms. The Morgan fingerprint density at radius 2 is 1.83 bits per heavy atom. The van der Waals surface area contributed by atoms with Crippen LogP contribution in [0.4, 0.5) is 0 Å². The predicted molar refractivity (Wildman–Crippen MR) is 114 cm³/mol. The Morgan fingerprint density at radius 3 is 2.52 bits per heavy atom. The summed E-state index contributed by atoms with van der Waals surface area (Å²) < 4.78 is 10.8. The molecule has 0 spiro atoms. The molecule has 0 amide bonds. The third kappa shape index (κ3) is 5.47. The van der Waals surface area contributed by atoms with E-state index in [-0.39, 0.29) is 12.4 Å². The van der Waals surface area contributed by atoms with Crippen LogP contribution in [0.2, 0.25) is 5.02 Å². The first kappa shape index (κ1) is 20.2. The van der Waals surface area contributed by atoms with Gasteiger partial charge in [0.15, 0.2) is 11.5 Å². The second-order valence-electron chi connectivity index (χ2n) is 6.23. The van der Waals surface area contributed by atoms with Gasteiger partial charge in [0.25, 0.3) is 0 Å². The SMILES string of the molecule is COc1cc(/C=C(/C#N)c2cccc(Cl)c2)ccc1OC(=O)Cc1ccccc1. The second kappa shape index (κ2) is 9.59. The van der Waals surface area contributed by atoms with Gasteiger partial charge in [0, 0.05) is 5.02 Å². The van der Waals surface area contributed by atoms with E-state index < -0.39 is 0 Å². The lowest BCUT2D eigenvalue weighted by atomic mass is 10.0. The van der Waals surface area contributed by atoms with E-state index in [0.29, 0.717) is 22.1 Å². The third-order valence-electron chi connectivity index (χ3n) is 4.17. The van der Waals surface area contributed by atoms with Gasteiger partial charge in [0.2, 0.25) is 0 Å². The number of allylic oxidation sites excluding steroid dienone is 1. The van der Waals surface area contributed by atoms with Crippen molar-refractivity contribution in [2.45, 2.75) is 6.42 Å². The smallest absolute Gasteiger partial charge is 0.315 e. The van der Waals surface area contributed by atoms with Crippen molar-refractivity contribution in [1.82, 2.24) is 0 Å². The molecule has 3 aromatic rings. The summed E-state index contributed by atoms with van der Waals surface area (Å²) in [6.07, 6.45) is 1.89. The van der Waals surface area contributed by atoms with Crippen LogP contribution in [0.25, 0.3) is 11.6 Å². The van der Waals surface area contributed by atoms with Crippen molar-refractivity contribution in [3.8, 4) is 17.6 Å². The summed E-state index contributed by atoms with van der Waals surface area (Å²) in [4.78, 5) is 12.2. The van der Waals surface area contributed by atoms with Gasteiger partial charge in [-0.1, -0.05) is 60.1 Å². The van der Waals surface area contributed by atoms with Crippen LogP contribution in [0.5, 0.6) is 11.5 Å². The molecule has 0 N–H and O–H groups in total. The zero-order valence-corrected chi connectivity index (χ0v) is 16.5. The Labute approximate surface area is 174 Å². The summed E-state index contributed by atoms with van der Waals surface area (Å²) in [6.45, 7) is 0. The Kier molecular flexibility index (Phi) is 6.67. The molecule has 0 aromatic heterocycles. The van der Waals surface area contributed by atoms with Crippen LogP contribution in [0.3, 0.4) is 0 Å². The maximum atomic E-state index is 12.2. The van der Waals surface area contributed by atoms with Crippen molar-refractivity contribution in [1.29, 1.82) is 5.26 Å². The number of halogens is 1. The van der Waals surface area contributed by atoms with Crippen molar-refractivity contribution >= 4 is 29.2 Å². The van der Waals surface area contributed by atoms with Crippen LogP contribution in [-0.4, -0.2) is 13.1 Å². The van der Waals surface area contributed by atoms with Crippen LogP contribution in [0.1, 0.15) is 16.7 Å². The van der Waals surface area contributed by atoms with Crippen molar-refractivity contribution < 1.29 is 14.3 Å². The van der Waals surface area contributed by atoms with E-state index in [9.17, 15) is 10.1 Å². The van der Waals surface area contributed by atoms with E-state index in [4.69, 9.17) is 21.1 Å². The number of nitrogens with zero attached hydrogens (tertiary/aromatic N) is 1. The highest BCUT2D eigenvalue weighted by Crippen LogP contribution is 2.30. The van der Waals surface area contributed by atoms with E-state index >= 15 is 0 Å². The van der Waals surface area contributed by atoms with E-state index in [1.807, 2.05) is 36.4 Å². The number of esters is 1. The number of hydrogen-bond acceptors (Lipinski definition) is 4. The number of rotatable bonds is 6. The molecule has 0 aliphatic rings. The molecule has 5 heteroatoms. The molecule has 0 aliphatic heterocycles. The van der Waals surface area contributed by atoms with Gasteiger partial charge < -0.3 is 9.47 Å². The van der Waals surface area contributed by atoms with Crippen molar-refractivity contribution in [2.75, 3.05) is 7.11 Å². The van der Waals surface area contributed by atoms with Crippen molar-refractivity contribution in [2.24, 2.45) is 0 Å². The van der Waals surface area contributed by atoms with Gasteiger partial charge in [-0.25, -0.2) is 0 Å². The minimum absolute atomic E-state index is 0.166. The van der Waals surface area contributed by atoms with Crippen LogP contribution >= 0.6 is 11.6 Å². The number of carbonyl (C=O) groups excluding carboxylic acids is 1. The lowest BCUT2D eigenvalue weighted by molar-refractivity contribution is -0.133. The first-order valence-corrected chi connectivity index (χ1v) is 9.27. The van der Waals surface area contributed by atoms with E-state index in [0.717, 1.165) is 16.7 Å². The van der Waals surface area contributed by atoms with Crippen molar-refractivity contribution in [3.05, 3.63) is 94.5 Å². The fraction of sp³-hybridized carbons (Fsp3) is 0.0833. The Hall–Kier alpha value is -3.55. The van der Waals surface area contributed by atoms with E-state index in [2.05, 4.69) is 6.07 Å². The van der Waals surface area contributed by atoms with Crippen molar-refractivity contribution in [3.63, 3.8) is 0 Å². The molecular weight excluding hydrogens is 386 g/mol. The second-order valence-corrected chi connectivity index (χ2v) is 6.66. The van der Waals surface area contributed by atoms with Gasteiger partial charge in [-0.05, 0) is 47.0 Å². The molecule has 4 nitrogen and oxygen atoms in total. The molecule has 144 valence electrons. The first-order chi connectivity index (χ1) is 14.1. The Morgan fingerprint density at radius 1 is 1.03 bits per heavy atom. The Bertz CT molecular complexity index is 1080. The summed E-state index contributed by atoms with van der Waals surface area (Å²) in [5, 5.41) is 10.1. The normalized spacial score (nSPS) is 10.9. The zero-order chi connectivity index (χ0) is 20.6. The van der Waals surface area contributed by atoms with Gasteiger partial charge >= 0.3 is 5.97 Å². The number of nitriles is 1. The van der Waals surface area contributed by atoms with E-state index in [1.54, 1.807) is 42.5 Å². The highest BCUT2D eigenvalue weighted by molar-refractivity contribution is 6.30. The van der Waals surface area contributed by atoms with Crippen LogP contribution in [0.15, 0.2) is 72.8 Å². The average molecular weight is 404 g/mol. The number of hydrogen-bond donors (Lipinski definition) is 0. The molecule has 29 heavy (non-hydrogen) atoms. The minimum atomic E-state index is -0.380. The standard InChI is InChI=1S/C24H18ClNO3/c1-28-23-13-18(12-20(16-26)19-8-5-9-21(25)15-19)10-11-22(23)29-24(27)14-17-6-3-2-4-7-17/h2-13,15H,14H2,1H3/b20-12-. The molecule has 3 aromatic carbocycles. The van der Waals surface area contributed by atoms with Gasteiger partial charge in [-0.15, -0.1) is 0 Å². The fourth-order valence-corrected chi connectivity index (χ4v) is 2.97. The topological polar surface area (TPSA) is 59.3 Å². The molecule has 0 heterocycles. The minimum Gasteiger partial charge on any atom is -0.493 e. The number of benzene rings is 3. The molecule has 0 atom stereocenters. The summed E-state index contributed by atoms with van der Waals surface area (Å²) in [5.41, 5.74) is 2.79. The monoisotopic (exact) mass is 403 g/mol. The molecule has 0 fully saturated rings.